The Morgan fingerprint density at radius 2 is 2.04 bits per heavy atom. The van der Waals surface area contributed by atoms with Crippen LogP contribution in [0.1, 0.15) is 46.1 Å². The van der Waals surface area contributed by atoms with Crippen LogP contribution in [0.4, 0.5) is 0 Å². The lowest BCUT2D eigenvalue weighted by molar-refractivity contribution is -0.121. The largest absolute Gasteiger partial charge is 0.365 e. The second-order valence-corrected chi connectivity index (χ2v) is 7.08. The van der Waals surface area contributed by atoms with Crippen LogP contribution in [0, 0.1) is 0 Å². The fraction of sp³-hybridized carbons (Fsp3) is 0.278. The molecule has 1 atom stereocenters. The van der Waals surface area contributed by atoms with E-state index in [4.69, 9.17) is 28.9 Å². The number of halogens is 2. The Morgan fingerprint density at radius 3 is 2.73 bits per heavy atom. The lowest BCUT2D eigenvalue weighted by Gasteiger charge is -2.26. The molecule has 1 aromatic carbocycles. The first-order valence-corrected chi connectivity index (χ1v) is 8.90. The number of rotatable bonds is 4. The summed E-state index contributed by atoms with van der Waals surface area (Å²) in [6.45, 7) is 0. The Bertz CT molecular complexity index is 940. The summed E-state index contributed by atoms with van der Waals surface area (Å²) >= 11 is 12.0. The first-order valence-electron chi connectivity index (χ1n) is 8.14. The number of H-pyrrole nitrogens is 1. The minimum atomic E-state index is -0.794. The van der Waals surface area contributed by atoms with Crippen LogP contribution in [0.3, 0.4) is 0 Å². The van der Waals surface area contributed by atoms with Gasteiger partial charge in [-0.25, -0.2) is 0 Å². The molecule has 0 fully saturated rings. The van der Waals surface area contributed by atoms with Crippen LogP contribution in [0.2, 0.25) is 10.0 Å². The van der Waals surface area contributed by atoms with Gasteiger partial charge in [0, 0.05) is 15.7 Å². The third-order valence-corrected chi connectivity index (χ3v) is 5.01. The van der Waals surface area contributed by atoms with Crippen molar-refractivity contribution in [1.29, 1.82) is 0 Å². The standard InChI is InChI=1S/C18H17Cl2N3O3/c19-10-5-4-9(13(20)7-10)6-16(24)22-14-2-1-3-15-11(14)8-12(17(21)25)18(26)23-15/h4-5,7-8,14H,1-3,6H2,(H2,21,25)(H,22,24)(H,23,26). The molecule has 0 bridgehead atoms. The first kappa shape index (κ1) is 18.5. The summed E-state index contributed by atoms with van der Waals surface area (Å²) < 4.78 is 0. The van der Waals surface area contributed by atoms with Crippen LogP contribution < -0.4 is 16.6 Å². The molecule has 0 aliphatic heterocycles. The van der Waals surface area contributed by atoms with Crippen molar-refractivity contribution in [2.75, 3.05) is 0 Å². The normalized spacial score (nSPS) is 16.0. The van der Waals surface area contributed by atoms with Crippen molar-refractivity contribution < 1.29 is 9.59 Å². The topological polar surface area (TPSA) is 105 Å². The van der Waals surface area contributed by atoms with Crippen molar-refractivity contribution in [3.63, 3.8) is 0 Å². The summed E-state index contributed by atoms with van der Waals surface area (Å²) in [5.74, 6) is -1.00. The van der Waals surface area contributed by atoms with E-state index in [1.807, 2.05) is 0 Å². The average molecular weight is 394 g/mol. The molecule has 4 N–H and O–H groups in total. The monoisotopic (exact) mass is 393 g/mol. The number of hydrogen-bond acceptors (Lipinski definition) is 3. The third kappa shape index (κ3) is 3.92. The molecule has 1 aliphatic rings. The summed E-state index contributed by atoms with van der Waals surface area (Å²) in [6, 6.07) is 6.16. The van der Waals surface area contributed by atoms with E-state index >= 15 is 0 Å². The lowest BCUT2D eigenvalue weighted by Crippen LogP contribution is -2.34. The van der Waals surface area contributed by atoms with Gasteiger partial charge in [0.05, 0.1) is 12.5 Å². The highest BCUT2D eigenvalue weighted by atomic mass is 35.5. The zero-order valence-electron chi connectivity index (χ0n) is 13.8. The second kappa shape index (κ2) is 7.51. The summed E-state index contributed by atoms with van der Waals surface area (Å²) in [6.07, 6.45) is 2.30. The number of fused-ring (bicyclic) bond motifs is 1. The molecule has 2 aromatic rings. The van der Waals surface area contributed by atoms with Gasteiger partial charge in [0.25, 0.3) is 11.5 Å². The van der Waals surface area contributed by atoms with Crippen LogP contribution in [0.5, 0.6) is 0 Å². The van der Waals surface area contributed by atoms with Gasteiger partial charge in [0.2, 0.25) is 5.91 Å². The van der Waals surface area contributed by atoms with E-state index in [0.717, 1.165) is 17.7 Å². The number of hydrogen-bond donors (Lipinski definition) is 3. The van der Waals surface area contributed by atoms with E-state index in [1.54, 1.807) is 18.2 Å². The Balaban J connectivity index is 1.81. The van der Waals surface area contributed by atoms with Gasteiger partial charge in [-0.3, -0.25) is 14.4 Å². The number of carbonyl (C=O) groups excluding carboxylic acids is 2. The minimum Gasteiger partial charge on any atom is -0.365 e. The quantitative estimate of drug-likeness (QED) is 0.742. The Morgan fingerprint density at radius 1 is 1.27 bits per heavy atom. The molecular formula is C18H17Cl2N3O3. The molecule has 0 saturated carbocycles. The molecular weight excluding hydrogens is 377 g/mol. The molecule has 1 aliphatic carbocycles. The molecule has 1 aromatic heterocycles. The van der Waals surface area contributed by atoms with Crippen molar-refractivity contribution in [2.24, 2.45) is 5.73 Å². The number of aryl methyl sites for hydroxylation is 1. The second-order valence-electron chi connectivity index (χ2n) is 6.24. The zero-order valence-corrected chi connectivity index (χ0v) is 15.3. The number of primary amides is 1. The molecule has 0 spiro atoms. The number of aromatic nitrogens is 1. The summed E-state index contributed by atoms with van der Waals surface area (Å²) in [4.78, 5) is 38.5. The average Bonchev–Trinajstić information content (AvgIpc) is 2.56. The van der Waals surface area contributed by atoms with E-state index in [0.29, 0.717) is 28.5 Å². The molecule has 8 heteroatoms. The summed E-state index contributed by atoms with van der Waals surface area (Å²) in [5.41, 5.74) is 6.76. The first-order chi connectivity index (χ1) is 12.3. The van der Waals surface area contributed by atoms with Crippen LogP contribution in [-0.2, 0) is 17.6 Å². The van der Waals surface area contributed by atoms with Gasteiger partial charge in [-0.05, 0) is 48.6 Å². The molecule has 2 amide bonds. The van der Waals surface area contributed by atoms with Crippen LogP contribution in [0.25, 0.3) is 0 Å². The molecule has 0 saturated heterocycles. The molecule has 136 valence electrons. The van der Waals surface area contributed by atoms with Gasteiger partial charge in [0.15, 0.2) is 0 Å². The molecule has 1 heterocycles. The number of nitrogens with two attached hydrogens (primary N) is 1. The maximum absolute atomic E-state index is 12.4. The van der Waals surface area contributed by atoms with E-state index in [1.165, 1.54) is 6.07 Å². The van der Waals surface area contributed by atoms with E-state index in [2.05, 4.69) is 10.3 Å². The molecule has 3 rings (SSSR count). The SMILES string of the molecule is NC(=O)c1cc2c([nH]c1=O)CCCC2NC(=O)Cc1ccc(Cl)cc1Cl. The fourth-order valence-electron chi connectivity index (χ4n) is 3.16. The molecule has 6 nitrogen and oxygen atoms in total. The van der Waals surface area contributed by atoms with Gasteiger partial charge in [0.1, 0.15) is 5.56 Å². The van der Waals surface area contributed by atoms with Crippen molar-refractivity contribution >= 4 is 35.0 Å². The number of pyridine rings is 1. The Hall–Kier alpha value is -2.31. The Labute approximate surface area is 159 Å². The van der Waals surface area contributed by atoms with Crippen molar-refractivity contribution in [3.05, 3.63) is 67.0 Å². The minimum absolute atomic E-state index is 0.105. The highest BCUT2D eigenvalue weighted by Gasteiger charge is 2.25. The molecule has 0 radical (unpaired) electrons. The maximum atomic E-state index is 12.4. The van der Waals surface area contributed by atoms with Gasteiger partial charge in [-0.1, -0.05) is 29.3 Å². The van der Waals surface area contributed by atoms with Gasteiger partial charge in [-0.2, -0.15) is 0 Å². The fourth-order valence-corrected chi connectivity index (χ4v) is 3.63. The Kier molecular flexibility index (Phi) is 5.34. The number of benzene rings is 1. The van der Waals surface area contributed by atoms with Crippen LogP contribution >= 0.6 is 23.2 Å². The van der Waals surface area contributed by atoms with Gasteiger partial charge >= 0.3 is 0 Å². The maximum Gasteiger partial charge on any atom is 0.261 e. The summed E-state index contributed by atoms with van der Waals surface area (Å²) in [7, 11) is 0. The summed E-state index contributed by atoms with van der Waals surface area (Å²) in [5, 5.41) is 3.88. The highest BCUT2D eigenvalue weighted by Crippen LogP contribution is 2.28. The zero-order chi connectivity index (χ0) is 18.8. The van der Waals surface area contributed by atoms with E-state index in [-0.39, 0.29) is 23.9 Å². The van der Waals surface area contributed by atoms with Gasteiger partial charge < -0.3 is 16.0 Å². The predicted molar refractivity (Wildman–Crippen MR) is 99.6 cm³/mol. The molecule has 1 unspecified atom stereocenters. The highest BCUT2D eigenvalue weighted by molar-refractivity contribution is 6.35. The third-order valence-electron chi connectivity index (χ3n) is 4.42. The molecule has 26 heavy (non-hydrogen) atoms. The van der Waals surface area contributed by atoms with E-state index < -0.39 is 11.5 Å². The number of amides is 2. The van der Waals surface area contributed by atoms with Crippen molar-refractivity contribution in [1.82, 2.24) is 10.3 Å². The van der Waals surface area contributed by atoms with E-state index in [9.17, 15) is 14.4 Å². The lowest BCUT2D eigenvalue weighted by atomic mass is 9.90. The van der Waals surface area contributed by atoms with Crippen LogP contribution in [0.15, 0.2) is 29.1 Å². The smallest absolute Gasteiger partial charge is 0.261 e. The van der Waals surface area contributed by atoms with Crippen molar-refractivity contribution in [3.8, 4) is 0 Å². The number of aromatic amines is 1. The number of nitrogens with one attached hydrogen (secondary N) is 2. The van der Waals surface area contributed by atoms with Gasteiger partial charge in [-0.15, -0.1) is 0 Å². The number of carbonyl (C=O) groups is 2. The predicted octanol–water partition coefficient (Wildman–Crippen LogP) is 2.52. The van der Waals surface area contributed by atoms with Crippen LogP contribution in [-0.4, -0.2) is 16.8 Å². The van der Waals surface area contributed by atoms with Crippen molar-refractivity contribution in [2.45, 2.75) is 31.7 Å².